The Balaban J connectivity index is 1.19. The molecule has 2 aromatic heterocycles. The van der Waals surface area contributed by atoms with E-state index in [1.807, 2.05) is 43.3 Å². The van der Waals surface area contributed by atoms with Crippen molar-refractivity contribution in [2.75, 3.05) is 23.3 Å². The summed E-state index contributed by atoms with van der Waals surface area (Å²) in [5.74, 6) is 0.734. The highest BCUT2D eigenvalue weighted by Crippen LogP contribution is 2.29. The van der Waals surface area contributed by atoms with E-state index in [2.05, 4.69) is 26.3 Å². The van der Waals surface area contributed by atoms with Gasteiger partial charge in [-0.05, 0) is 67.8 Å². The molecule has 2 aromatic carbocycles. The van der Waals surface area contributed by atoms with Crippen LogP contribution in [0, 0.1) is 24.2 Å². The van der Waals surface area contributed by atoms with E-state index in [0.29, 0.717) is 30.4 Å². The maximum Gasteiger partial charge on any atom is 0.298 e. The van der Waals surface area contributed by atoms with Gasteiger partial charge in [0.2, 0.25) is 11.8 Å². The van der Waals surface area contributed by atoms with Crippen LogP contribution in [0.3, 0.4) is 0 Å². The van der Waals surface area contributed by atoms with Crippen molar-refractivity contribution in [1.82, 2.24) is 9.97 Å². The predicted octanol–water partition coefficient (Wildman–Crippen LogP) is 5.05. The molecule has 0 aliphatic carbocycles. The number of aryl methyl sites for hydroxylation is 1. The third-order valence-corrected chi connectivity index (χ3v) is 5.98. The number of pyridine rings is 1. The normalized spacial score (nSPS) is 14.1. The zero-order valence-corrected chi connectivity index (χ0v) is 18.7. The number of anilines is 2. The van der Waals surface area contributed by atoms with Crippen LogP contribution in [0.5, 0.6) is 11.6 Å². The molecule has 1 N–H and O–H groups in total. The number of para-hydroxylation sites is 2. The highest BCUT2D eigenvalue weighted by Gasteiger charge is 2.27. The second-order valence-electron chi connectivity index (χ2n) is 8.26. The average molecular weight is 454 g/mol. The molecule has 8 heteroatoms. The zero-order chi connectivity index (χ0) is 23.5. The fraction of sp³-hybridized carbons (Fsp3) is 0.231. The predicted molar refractivity (Wildman–Crippen MR) is 128 cm³/mol. The SMILES string of the molecule is Cc1cc(Oc2ncccc2C#N)ccc1NC(=O)C1CCN(c2nc3ccccc3o2)CC1. The first kappa shape index (κ1) is 21.5. The van der Waals surface area contributed by atoms with E-state index in [-0.39, 0.29) is 17.7 Å². The van der Waals surface area contributed by atoms with Crippen molar-refractivity contribution in [2.45, 2.75) is 19.8 Å². The van der Waals surface area contributed by atoms with E-state index >= 15 is 0 Å². The van der Waals surface area contributed by atoms with Crippen LogP contribution in [0.4, 0.5) is 11.7 Å². The molecule has 0 spiro atoms. The Hall–Kier alpha value is -4.38. The quantitative estimate of drug-likeness (QED) is 0.451. The number of carbonyl (C=O) groups is 1. The molecule has 4 aromatic rings. The Kier molecular flexibility index (Phi) is 5.83. The Morgan fingerprint density at radius 1 is 1.18 bits per heavy atom. The van der Waals surface area contributed by atoms with Crippen molar-refractivity contribution in [3.63, 3.8) is 0 Å². The summed E-state index contributed by atoms with van der Waals surface area (Å²) >= 11 is 0. The summed E-state index contributed by atoms with van der Waals surface area (Å²) in [6.45, 7) is 3.33. The first-order valence-corrected chi connectivity index (χ1v) is 11.2. The van der Waals surface area contributed by atoms with Gasteiger partial charge in [0.1, 0.15) is 22.9 Å². The van der Waals surface area contributed by atoms with Gasteiger partial charge in [-0.2, -0.15) is 10.2 Å². The van der Waals surface area contributed by atoms with E-state index < -0.39 is 0 Å². The van der Waals surface area contributed by atoms with Gasteiger partial charge in [0.05, 0.1) is 0 Å². The van der Waals surface area contributed by atoms with E-state index in [0.717, 1.165) is 35.2 Å². The molecule has 1 amide bonds. The molecule has 0 atom stereocenters. The molecule has 0 radical (unpaired) electrons. The molecule has 1 aliphatic heterocycles. The summed E-state index contributed by atoms with van der Waals surface area (Å²) < 4.78 is 11.6. The molecular weight excluding hydrogens is 430 g/mol. The van der Waals surface area contributed by atoms with Gasteiger partial charge in [-0.3, -0.25) is 4.79 Å². The van der Waals surface area contributed by atoms with Gasteiger partial charge in [0, 0.05) is 30.9 Å². The number of ether oxygens (including phenoxy) is 1. The number of nitrogens with zero attached hydrogens (tertiary/aromatic N) is 4. The first-order valence-electron chi connectivity index (χ1n) is 11.2. The minimum absolute atomic E-state index is 0.00507. The number of hydrogen-bond donors (Lipinski definition) is 1. The van der Waals surface area contributed by atoms with Gasteiger partial charge < -0.3 is 19.4 Å². The second kappa shape index (κ2) is 9.24. The second-order valence-corrected chi connectivity index (χ2v) is 8.26. The maximum absolute atomic E-state index is 12.9. The molecule has 8 nitrogen and oxygen atoms in total. The highest BCUT2D eigenvalue weighted by molar-refractivity contribution is 5.93. The summed E-state index contributed by atoms with van der Waals surface area (Å²) in [7, 11) is 0. The number of oxazole rings is 1. The van der Waals surface area contributed by atoms with Crippen LogP contribution >= 0.6 is 0 Å². The van der Waals surface area contributed by atoms with Crippen molar-refractivity contribution in [1.29, 1.82) is 5.26 Å². The van der Waals surface area contributed by atoms with Crippen molar-refractivity contribution in [3.8, 4) is 17.7 Å². The molecule has 0 saturated carbocycles. The van der Waals surface area contributed by atoms with Crippen LogP contribution in [0.15, 0.2) is 65.2 Å². The van der Waals surface area contributed by atoms with Crippen LogP contribution in [0.2, 0.25) is 0 Å². The van der Waals surface area contributed by atoms with Crippen molar-refractivity contribution in [3.05, 3.63) is 71.9 Å². The number of nitriles is 1. The number of carbonyl (C=O) groups excluding carboxylic acids is 1. The largest absolute Gasteiger partial charge is 0.438 e. The van der Waals surface area contributed by atoms with Crippen LogP contribution in [-0.2, 0) is 4.79 Å². The summed E-state index contributed by atoms with van der Waals surface area (Å²) in [5, 5.41) is 12.3. The molecule has 0 unspecified atom stereocenters. The summed E-state index contributed by atoms with van der Waals surface area (Å²) in [6, 6.07) is 19.1. The number of amides is 1. The van der Waals surface area contributed by atoms with Crippen LogP contribution in [0.1, 0.15) is 24.0 Å². The number of piperidine rings is 1. The van der Waals surface area contributed by atoms with Crippen molar-refractivity contribution < 1.29 is 13.9 Å². The van der Waals surface area contributed by atoms with Gasteiger partial charge >= 0.3 is 0 Å². The minimum atomic E-state index is -0.0809. The molecular formula is C26H23N5O3. The van der Waals surface area contributed by atoms with Gasteiger partial charge in [-0.15, -0.1) is 0 Å². The molecule has 170 valence electrons. The smallest absolute Gasteiger partial charge is 0.298 e. The number of aromatic nitrogens is 2. The van der Waals surface area contributed by atoms with E-state index in [4.69, 9.17) is 9.15 Å². The van der Waals surface area contributed by atoms with Crippen LogP contribution in [-0.4, -0.2) is 29.0 Å². The summed E-state index contributed by atoms with van der Waals surface area (Å²) in [6.07, 6.45) is 3.02. The van der Waals surface area contributed by atoms with E-state index in [1.165, 1.54) is 0 Å². The lowest BCUT2D eigenvalue weighted by atomic mass is 9.96. The summed E-state index contributed by atoms with van der Waals surface area (Å²) in [4.78, 5) is 23.7. The molecule has 1 aliphatic rings. The van der Waals surface area contributed by atoms with Crippen LogP contribution < -0.4 is 15.0 Å². The Labute approximate surface area is 196 Å². The topological polar surface area (TPSA) is 104 Å². The fourth-order valence-electron chi connectivity index (χ4n) is 4.07. The first-order chi connectivity index (χ1) is 16.6. The number of benzene rings is 2. The lowest BCUT2D eigenvalue weighted by molar-refractivity contribution is -0.120. The van der Waals surface area contributed by atoms with Crippen molar-refractivity contribution >= 4 is 28.7 Å². The lowest BCUT2D eigenvalue weighted by Gasteiger charge is -2.30. The van der Waals surface area contributed by atoms with Gasteiger partial charge in [-0.25, -0.2) is 4.98 Å². The molecule has 1 fully saturated rings. The summed E-state index contributed by atoms with van der Waals surface area (Å²) in [5.41, 5.74) is 3.57. The average Bonchev–Trinajstić information content (AvgIpc) is 3.30. The maximum atomic E-state index is 12.9. The van der Waals surface area contributed by atoms with Gasteiger partial charge in [-0.1, -0.05) is 12.1 Å². The third-order valence-electron chi connectivity index (χ3n) is 5.98. The molecule has 34 heavy (non-hydrogen) atoms. The van der Waals surface area contributed by atoms with Gasteiger partial charge in [0.25, 0.3) is 6.01 Å². The monoisotopic (exact) mass is 453 g/mol. The van der Waals surface area contributed by atoms with Gasteiger partial charge in [0.15, 0.2) is 5.58 Å². The highest BCUT2D eigenvalue weighted by atomic mass is 16.5. The number of fused-ring (bicyclic) bond motifs is 1. The zero-order valence-electron chi connectivity index (χ0n) is 18.7. The number of nitrogens with one attached hydrogen (secondary N) is 1. The Morgan fingerprint density at radius 3 is 2.76 bits per heavy atom. The van der Waals surface area contributed by atoms with Crippen LogP contribution in [0.25, 0.3) is 11.1 Å². The molecule has 1 saturated heterocycles. The minimum Gasteiger partial charge on any atom is -0.438 e. The molecule has 3 heterocycles. The molecule has 0 bridgehead atoms. The molecule has 5 rings (SSSR count). The number of rotatable bonds is 5. The standard InChI is InChI=1S/C26H23N5O3/c1-17-15-20(33-25-19(16-27)5-4-12-28-25)8-9-21(17)29-24(32)18-10-13-31(14-11-18)26-30-22-6-2-3-7-23(22)34-26/h2-9,12,15,18H,10-11,13-14H2,1H3,(H,29,32). The fourth-order valence-corrected chi connectivity index (χ4v) is 4.07. The van der Waals surface area contributed by atoms with E-state index in [1.54, 1.807) is 24.4 Å². The van der Waals surface area contributed by atoms with E-state index in [9.17, 15) is 10.1 Å². The third kappa shape index (κ3) is 4.41. The Morgan fingerprint density at radius 2 is 2.00 bits per heavy atom. The van der Waals surface area contributed by atoms with Crippen molar-refractivity contribution in [2.24, 2.45) is 5.92 Å². The lowest BCUT2D eigenvalue weighted by Crippen LogP contribution is -2.38. The Bertz CT molecular complexity index is 1350. The number of hydrogen-bond acceptors (Lipinski definition) is 7.